The molecular formula is C15H22O2. The molecule has 2 atom stereocenters. The topological polar surface area (TPSA) is 26.3 Å². The molecular weight excluding hydrogens is 212 g/mol. The van der Waals surface area contributed by atoms with Crippen LogP contribution in [-0.2, 0) is 9.53 Å². The minimum Gasteiger partial charge on any atom is -0.456 e. The van der Waals surface area contributed by atoms with Gasteiger partial charge in [0, 0.05) is 6.08 Å². The van der Waals surface area contributed by atoms with Crippen LogP contribution in [-0.4, -0.2) is 11.6 Å². The number of rotatable bonds is 2. The third-order valence-corrected chi connectivity index (χ3v) is 5.60. The number of esters is 1. The summed E-state index contributed by atoms with van der Waals surface area (Å²) in [6.45, 7) is 8.10. The first-order valence-electron chi connectivity index (χ1n) is 6.81. The molecule has 0 radical (unpaired) electrons. The van der Waals surface area contributed by atoms with E-state index in [1.807, 2.05) is 0 Å². The SMILES string of the molecule is C=CC(=O)OC1(C)C2CC3CC1CC(C)(C3)C2. The van der Waals surface area contributed by atoms with Crippen molar-refractivity contribution < 1.29 is 9.53 Å². The molecule has 0 aromatic rings. The van der Waals surface area contributed by atoms with Crippen LogP contribution in [0.1, 0.15) is 46.0 Å². The Morgan fingerprint density at radius 3 is 2.29 bits per heavy atom. The van der Waals surface area contributed by atoms with Crippen molar-refractivity contribution in [3.05, 3.63) is 12.7 Å². The highest BCUT2D eigenvalue weighted by Crippen LogP contribution is 2.64. The van der Waals surface area contributed by atoms with E-state index in [4.69, 9.17) is 4.74 Å². The fourth-order valence-corrected chi connectivity index (χ4v) is 5.00. The smallest absolute Gasteiger partial charge is 0.330 e. The highest BCUT2D eigenvalue weighted by atomic mass is 16.6. The molecule has 2 nitrogen and oxygen atoms in total. The van der Waals surface area contributed by atoms with Crippen LogP contribution < -0.4 is 0 Å². The minimum atomic E-state index is -0.245. The van der Waals surface area contributed by atoms with Crippen molar-refractivity contribution in [3.8, 4) is 0 Å². The lowest BCUT2D eigenvalue weighted by atomic mass is 9.45. The van der Waals surface area contributed by atoms with Gasteiger partial charge >= 0.3 is 5.97 Å². The Bertz CT molecular complexity index is 355. The van der Waals surface area contributed by atoms with Crippen molar-refractivity contribution in [2.75, 3.05) is 0 Å². The minimum absolute atomic E-state index is 0.221. The summed E-state index contributed by atoms with van der Waals surface area (Å²) in [6, 6.07) is 0. The van der Waals surface area contributed by atoms with Crippen LogP contribution in [0.15, 0.2) is 12.7 Å². The molecule has 0 saturated heterocycles. The maximum Gasteiger partial charge on any atom is 0.330 e. The van der Waals surface area contributed by atoms with Crippen molar-refractivity contribution in [2.45, 2.75) is 51.6 Å². The van der Waals surface area contributed by atoms with E-state index in [-0.39, 0.29) is 11.6 Å². The molecule has 94 valence electrons. The van der Waals surface area contributed by atoms with Gasteiger partial charge < -0.3 is 4.74 Å². The fraction of sp³-hybridized carbons (Fsp3) is 0.800. The molecule has 0 aromatic carbocycles. The summed E-state index contributed by atoms with van der Waals surface area (Å²) < 4.78 is 5.75. The molecule has 2 heteroatoms. The predicted octanol–water partition coefficient (Wildman–Crippen LogP) is 3.32. The molecule has 0 aliphatic heterocycles. The van der Waals surface area contributed by atoms with Gasteiger partial charge in [-0.2, -0.15) is 0 Å². The molecule has 4 aliphatic carbocycles. The van der Waals surface area contributed by atoms with Gasteiger partial charge in [-0.15, -0.1) is 0 Å². The van der Waals surface area contributed by atoms with Crippen LogP contribution in [0.2, 0.25) is 0 Å². The predicted molar refractivity (Wildman–Crippen MR) is 66.4 cm³/mol. The van der Waals surface area contributed by atoms with Gasteiger partial charge in [-0.25, -0.2) is 4.79 Å². The molecule has 2 unspecified atom stereocenters. The summed E-state index contributed by atoms with van der Waals surface area (Å²) in [5.74, 6) is 1.78. The zero-order valence-electron chi connectivity index (χ0n) is 10.9. The first kappa shape index (κ1) is 11.3. The zero-order valence-corrected chi connectivity index (χ0v) is 10.9. The van der Waals surface area contributed by atoms with E-state index in [0.29, 0.717) is 17.3 Å². The van der Waals surface area contributed by atoms with Crippen LogP contribution in [0.3, 0.4) is 0 Å². The normalized spacial score (nSPS) is 51.3. The van der Waals surface area contributed by atoms with E-state index in [9.17, 15) is 4.79 Å². The molecule has 0 N–H and O–H groups in total. The summed E-state index contributed by atoms with van der Waals surface area (Å²) in [5, 5.41) is 0. The number of hydrogen-bond donors (Lipinski definition) is 0. The second-order valence-corrected chi connectivity index (χ2v) is 6.96. The van der Waals surface area contributed by atoms with Crippen LogP contribution in [0, 0.1) is 23.2 Å². The number of hydrogen-bond acceptors (Lipinski definition) is 2. The Morgan fingerprint density at radius 1 is 1.24 bits per heavy atom. The lowest BCUT2D eigenvalue weighted by Crippen LogP contribution is -2.60. The number of carbonyl (C=O) groups is 1. The van der Waals surface area contributed by atoms with Crippen molar-refractivity contribution >= 4 is 5.97 Å². The van der Waals surface area contributed by atoms with Crippen LogP contribution in [0.5, 0.6) is 0 Å². The van der Waals surface area contributed by atoms with Gasteiger partial charge in [0.05, 0.1) is 0 Å². The van der Waals surface area contributed by atoms with E-state index in [0.717, 1.165) is 5.92 Å². The standard InChI is InChI=1S/C15H22O2/c1-4-13(16)17-15(3)11-5-10-6-12(15)9-14(2,7-10)8-11/h4,10-12H,1,5-9H2,2-3H3. The largest absolute Gasteiger partial charge is 0.456 e. The first-order valence-corrected chi connectivity index (χ1v) is 6.81. The van der Waals surface area contributed by atoms with Gasteiger partial charge in [0.25, 0.3) is 0 Å². The summed E-state index contributed by atoms with van der Waals surface area (Å²) in [6.07, 6.45) is 7.69. The van der Waals surface area contributed by atoms with Gasteiger partial charge in [-0.3, -0.25) is 0 Å². The second-order valence-electron chi connectivity index (χ2n) is 6.96. The van der Waals surface area contributed by atoms with Crippen molar-refractivity contribution in [3.63, 3.8) is 0 Å². The molecule has 4 fully saturated rings. The Morgan fingerprint density at radius 2 is 1.82 bits per heavy atom. The van der Waals surface area contributed by atoms with Crippen molar-refractivity contribution in [2.24, 2.45) is 23.2 Å². The van der Waals surface area contributed by atoms with E-state index in [2.05, 4.69) is 20.4 Å². The van der Waals surface area contributed by atoms with Gasteiger partial charge in [-0.1, -0.05) is 13.5 Å². The Labute approximate surface area is 103 Å². The summed E-state index contributed by atoms with van der Waals surface area (Å²) >= 11 is 0. The molecule has 0 spiro atoms. The summed E-state index contributed by atoms with van der Waals surface area (Å²) in [5.41, 5.74) is 0.304. The molecule has 0 amide bonds. The van der Waals surface area contributed by atoms with E-state index >= 15 is 0 Å². The quantitative estimate of drug-likeness (QED) is 0.541. The molecule has 4 bridgehead atoms. The number of carbonyl (C=O) groups excluding carboxylic acids is 1. The van der Waals surface area contributed by atoms with E-state index in [1.54, 1.807) is 0 Å². The highest BCUT2D eigenvalue weighted by Gasteiger charge is 2.60. The van der Waals surface area contributed by atoms with Crippen LogP contribution >= 0.6 is 0 Å². The first-order chi connectivity index (χ1) is 7.95. The highest BCUT2D eigenvalue weighted by molar-refractivity contribution is 5.81. The average Bonchev–Trinajstić information content (AvgIpc) is 2.24. The van der Waals surface area contributed by atoms with E-state index in [1.165, 1.54) is 38.2 Å². The number of ether oxygens (including phenoxy) is 1. The summed E-state index contributed by atoms with van der Waals surface area (Å²) in [7, 11) is 0. The van der Waals surface area contributed by atoms with Crippen molar-refractivity contribution in [1.82, 2.24) is 0 Å². The fourth-order valence-electron chi connectivity index (χ4n) is 5.00. The van der Waals surface area contributed by atoms with Crippen LogP contribution in [0.25, 0.3) is 0 Å². The Kier molecular flexibility index (Phi) is 2.24. The molecule has 4 saturated carbocycles. The third kappa shape index (κ3) is 1.56. The molecule has 0 heterocycles. The maximum absolute atomic E-state index is 11.5. The lowest BCUT2D eigenvalue weighted by molar-refractivity contribution is -0.212. The van der Waals surface area contributed by atoms with Gasteiger partial charge in [-0.05, 0) is 62.2 Å². The monoisotopic (exact) mass is 234 g/mol. The zero-order chi connectivity index (χ0) is 12.3. The van der Waals surface area contributed by atoms with E-state index < -0.39 is 0 Å². The molecule has 4 aliphatic rings. The van der Waals surface area contributed by atoms with Gasteiger partial charge in [0.2, 0.25) is 0 Å². The van der Waals surface area contributed by atoms with Crippen molar-refractivity contribution in [1.29, 1.82) is 0 Å². The third-order valence-electron chi connectivity index (χ3n) is 5.60. The average molecular weight is 234 g/mol. The second kappa shape index (κ2) is 3.37. The lowest BCUT2D eigenvalue weighted by Gasteiger charge is -2.62. The Hall–Kier alpha value is -0.790. The van der Waals surface area contributed by atoms with Gasteiger partial charge in [0.15, 0.2) is 0 Å². The summed E-state index contributed by atoms with van der Waals surface area (Å²) in [4.78, 5) is 11.5. The van der Waals surface area contributed by atoms with Gasteiger partial charge in [0.1, 0.15) is 5.60 Å². The Balaban J connectivity index is 1.88. The molecule has 0 aromatic heterocycles. The van der Waals surface area contributed by atoms with Crippen LogP contribution in [0.4, 0.5) is 0 Å². The molecule has 4 rings (SSSR count). The molecule has 17 heavy (non-hydrogen) atoms. The maximum atomic E-state index is 11.5.